The van der Waals surface area contributed by atoms with E-state index >= 15 is 0 Å². The zero-order chi connectivity index (χ0) is 22.0. The summed E-state index contributed by atoms with van der Waals surface area (Å²) in [4.78, 5) is 39.1. The molecule has 1 amide bonds. The second kappa shape index (κ2) is 8.34. The van der Waals surface area contributed by atoms with Gasteiger partial charge in [-0.3, -0.25) is 19.7 Å². The van der Waals surface area contributed by atoms with Gasteiger partial charge in [-0.1, -0.05) is 12.1 Å². The molecule has 0 bridgehead atoms. The lowest BCUT2D eigenvalue weighted by atomic mass is 9.95. The van der Waals surface area contributed by atoms with Gasteiger partial charge >= 0.3 is 0 Å². The molecule has 3 rings (SSSR count). The zero-order valence-electron chi connectivity index (χ0n) is 16.5. The Kier molecular flexibility index (Phi) is 5.84. The number of aliphatic hydroxyl groups excluding tert-OH is 1. The minimum atomic E-state index is -0.896. The molecule has 1 aliphatic heterocycles. The molecule has 0 aliphatic carbocycles. The van der Waals surface area contributed by atoms with Crippen LogP contribution in [0.4, 0.5) is 5.69 Å². The van der Waals surface area contributed by atoms with Gasteiger partial charge in [-0.2, -0.15) is 0 Å². The molecular weight excluding hydrogens is 390 g/mol. The maximum atomic E-state index is 12.8. The van der Waals surface area contributed by atoms with Crippen molar-refractivity contribution in [1.82, 2.24) is 9.80 Å². The van der Waals surface area contributed by atoms with Crippen LogP contribution in [0.15, 0.2) is 54.1 Å². The summed E-state index contributed by atoms with van der Waals surface area (Å²) in [5.74, 6) is -2.07. The highest BCUT2D eigenvalue weighted by molar-refractivity contribution is 6.46. The predicted octanol–water partition coefficient (Wildman–Crippen LogP) is 2.28. The number of benzene rings is 2. The van der Waals surface area contributed by atoms with Gasteiger partial charge in [-0.05, 0) is 43.9 Å². The smallest absolute Gasteiger partial charge is 0.295 e. The van der Waals surface area contributed by atoms with Crippen molar-refractivity contribution in [2.75, 3.05) is 27.2 Å². The number of aromatic hydroxyl groups is 1. The van der Waals surface area contributed by atoms with Crippen molar-refractivity contribution >= 4 is 23.1 Å². The van der Waals surface area contributed by atoms with Crippen LogP contribution in [0.5, 0.6) is 5.75 Å². The molecule has 156 valence electrons. The van der Waals surface area contributed by atoms with E-state index in [1.165, 1.54) is 41.3 Å². The summed E-state index contributed by atoms with van der Waals surface area (Å²) >= 11 is 0. The number of aliphatic hydroxyl groups is 1. The van der Waals surface area contributed by atoms with Gasteiger partial charge < -0.3 is 20.0 Å². The average molecular weight is 411 g/mol. The van der Waals surface area contributed by atoms with Gasteiger partial charge in [-0.15, -0.1) is 0 Å². The van der Waals surface area contributed by atoms with Crippen LogP contribution in [0, 0.1) is 10.1 Å². The van der Waals surface area contributed by atoms with Crippen LogP contribution in [-0.4, -0.2) is 63.8 Å². The molecule has 9 nitrogen and oxygen atoms in total. The summed E-state index contributed by atoms with van der Waals surface area (Å²) in [5, 5.41) is 31.6. The number of non-ortho nitro benzene ring substituents is 1. The number of likely N-dealkylation sites (N-methyl/N-ethyl adjacent to an activating group) is 1. The second-order valence-electron chi connectivity index (χ2n) is 7.19. The maximum absolute atomic E-state index is 12.8. The molecule has 0 saturated carbocycles. The Hall–Kier alpha value is -3.72. The fraction of sp³-hybridized carbons (Fsp3) is 0.238. The van der Waals surface area contributed by atoms with Crippen LogP contribution in [0.3, 0.4) is 0 Å². The molecule has 1 atom stereocenters. The summed E-state index contributed by atoms with van der Waals surface area (Å²) < 4.78 is 0. The van der Waals surface area contributed by atoms with E-state index in [4.69, 9.17) is 0 Å². The maximum Gasteiger partial charge on any atom is 0.295 e. The number of carbonyl (C=O) groups excluding carboxylic acids is 2. The Morgan fingerprint density at radius 1 is 1.17 bits per heavy atom. The summed E-state index contributed by atoms with van der Waals surface area (Å²) in [7, 11) is 3.66. The molecule has 2 aromatic rings. The van der Waals surface area contributed by atoms with E-state index in [1.807, 2.05) is 19.0 Å². The van der Waals surface area contributed by atoms with Crippen LogP contribution < -0.4 is 0 Å². The number of likely N-dealkylation sites (tertiary alicyclic amines) is 1. The normalized spacial score (nSPS) is 18.2. The van der Waals surface area contributed by atoms with E-state index in [1.54, 1.807) is 12.1 Å². The highest BCUT2D eigenvalue weighted by Gasteiger charge is 2.46. The van der Waals surface area contributed by atoms with Crippen molar-refractivity contribution in [1.29, 1.82) is 0 Å². The van der Waals surface area contributed by atoms with E-state index in [9.17, 15) is 29.9 Å². The molecule has 0 spiro atoms. The number of hydrogen-bond donors (Lipinski definition) is 2. The highest BCUT2D eigenvalue weighted by Crippen LogP contribution is 2.40. The molecule has 1 fully saturated rings. The monoisotopic (exact) mass is 411 g/mol. The lowest BCUT2D eigenvalue weighted by Gasteiger charge is -2.26. The number of carbonyl (C=O) groups is 2. The van der Waals surface area contributed by atoms with E-state index < -0.39 is 28.4 Å². The lowest BCUT2D eigenvalue weighted by molar-refractivity contribution is -0.384. The number of nitro groups is 1. The van der Waals surface area contributed by atoms with Crippen LogP contribution in [0.2, 0.25) is 0 Å². The molecule has 30 heavy (non-hydrogen) atoms. The Morgan fingerprint density at radius 2 is 1.83 bits per heavy atom. The van der Waals surface area contributed by atoms with Gasteiger partial charge in [0.05, 0.1) is 16.5 Å². The first-order valence-corrected chi connectivity index (χ1v) is 9.17. The number of Topliss-reactive ketones (excluding diaryl/α,β-unsaturated/α-hetero) is 1. The number of nitro benzene ring substituents is 1. The Bertz CT molecular complexity index is 1030. The first-order chi connectivity index (χ1) is 14.2. The largest absolute Gasteiger partial charge is 0.508 e. The molecule has 0 aromatic heterocycles. The molecule has 1 aliphatic rings. The van der Waals surface area contributed by atoms with E-state index in [2.05, 4.69) is 0 Å². The van der Waals surface area contributed by atoms with E-state index in [0.29, 0.717) is 12.1 Å². The second-order valence-corrected chi connectivity index (χ2v) is 7.19. The third-order valence-corrected chi connectivity index (χ3v) is 4.87. The number of hydrogen-bond acceptors (Lipinski definition) is 7. The number of amides is 1. The molecule has 9 heteroatoms. The molecule has 2 N–H and O–H groups in total. The van der Waals surface area contributed by atoms with E-state index in [-0.39, 0.29) is 29.1 Å². The van der Waals surface area contributed by atoms with Gasteiger partial charge in [0.25, 0.3) is 17.4 Å². The number of rotatable bonds is 6. The van der Waals surface area contributed by atoms with Gasteiger partial charge in [0.1, 0.15) is 11.5 Å². The Labute approximate surface area is 172 Å². The quantitative estimate of drug-likeness (QED) is 0.246. The highest BCUT2D eigenvalue weighted by atomic mass is 16.6. The first kappa shape index (κ1) is 21.0. The fourth-order valence-corrected chi connectivity index (χ4v) is 3.36. The summed E-state index contributed by atoms with van der Waals surface area (Å²) in [6.45, 7) is 0.717. The molecule has 0 radical (unpaired) electrons. The number of nitrogens with zero attached hydrogens (tertiary/aromatic N) is 3. The fourth-order valence-electron chi connectivity index (χ4n) is 3.36. The Balaban J connectivity index is 2.13. The minimum Gasteiger partial charge on any atom is -0.508 e. The van der Waals surface area contributed by atoms with Crippen LogP contribution in [0.25, 0.3) is 5.76 Å². The summed E-state index contributed by atoms with van der Waals surface area (Å²) in [6, 6.07) is 10.3. The third-order valence-electron chi connectivity index (χ3n) is 4.87. The van der Waals surface area contributed by atoms with Crippen molar-refractivity contribution in [2.45, 2.75) is 6.04 Å². The van der Waals surface area contributed by atoms with Crippen LogP contribution >= 0.6 is 0 Å². The summed E-state index contributed by atoms with van der Waals surface area (Å²) in [6.07, 6.45) is 0. The minimum absolute atomic E-state index is 0.0407. The standard InChI is InChI=1S/C21H21N3O6/c1-22(2)10-11-23-18(14-4-3-5-16(25)12-14)17(20(27)21(23)28)19(26)13-6-8-15(9-7-13)24(29)30/h3-9,12,18,25-26H,10-11H2,1-2H3/b19-17-. The lowest BCUT2D eigenvalue weighted by Crippen LogP contribution is -2.35. The van der Waals surface area contributed by atoms with Crippen LogP contribution in [-0.2, 0) is 9.59 Å². The van der Waals surface area contributed by atoms with Gasteiger partial charge in [0, 0.05) is 30.8 Å². The number of phenolic OH excluding ortho intramolecular Hbond substituents is 1. The third kappa shape index (κ3) is 4.01. The van der Waals surface area contributed by atoms with Crippen molar-refractivity contribution in [3.63, 3.8) is 0 Å². The van der Waals surface area contributed by atoms with Gasteiger partial charge in [0.2, 0.25) is 0 Å². The molecule has 1 unspecified atom stereocenters. The number of ketones is 1. The predicted molar refractivity (Wildman–Crippen MR) is 109 cm³/mol. The molecule has 1 saturated heterocycles. The van der Waals surface area contributed by atoms with Crippen molar-refractivity contribution in [3.05, 3.63) is 75.3 Å². The van der Waals surface area contributed by atoms with Crippen molar-refractivity contribution < 1.29 is 24.7 Å². The van der Waals surface area contributed by atoms with E-state index in [0.717, 1.165) is 0 Å². The van der Waals surface area contributed by atoms with Crippen molar-refractivity contribution in [3.8, 4) is 5.75 Å². The van der Waals surface area contributed by atoms with Crippen molar-refractivity contribution in [2.24, 2.45) is 0 Å². The first-order valence-electron chi connectivity index (χ1n) is 9.17. The zero-order valence-corrected chi connectivity index (χ0v) is 16.5. The summed E-state index contributed by atoms with van der Waals surface area (Å²) in [5.41, 5.74) is 0.355. The van der Waals surface area contributed by atoms with Crippen LogP contribution in [0.1, 0.15) is 17.2 Å². The Morgan fingerprint density at radius 3 is 2.40 bits per heavy atom. The van der Waals surface area contributed by atoms with Gasteiger partial charge in [0.15, 0.2) is 0 Å². The van der Waals surface area contributed by atoms with Gasteiger partial charge in [-0.25, -0.2) is 0 Å². The molecule has 1 heterocycles. The molecular formula is C21H21N3O6. The average Bonchev–Trinajstić information content (AvgIpc) is 2.96. The molecule has 2 aromatic carbocycles. The number of phenols is 1. The topological polar surface area (TPSA) is 124 Å². The SMILES string of the molecule is CN(C)CCN1C(=O)C(=O)/C(=C(\O)c2ccc([N+](=O)[O-])cc2)C1c1cccc(O)c1.